The predicted octanol–water partition coefficient (Wildman–Crippen LogP) is 2.33. The molecule has 0 aromatic heterocycles. The van der Waals surface area contributed by atoms with Crippen molar-refractivity contribution in [3.63, 3.8) is 0 Å². The maximum Gasteiger partial charge on any atom is 0.152 e. The lowest BCUT2D eigenvalue weighted by atomic mass is 9.84. The molecule has 1 unspecified atom stereocenters. The van der Waals surface area contributed by atoms with E-state index in [9.17, 15) is 4.79 Å². The molecule has 2 heteroatoms. The van der Waals surface area contributed by atoms with Crippen LogP contribution in [0.1, 0.15) is 31.7 Å². The number of carbonyl (C=O) groups is 1. The van der Waals surface area contributed by atoms with Gasteiger partial charge in [-0.2, -0.15) is 0 Å². The molecule has 0 radical (unpaired) electrons. The molecule has 1 aromatic carbocycles. The Balaban J connectivity index is 2.18. The van der Waals surface area contributed by atoms with E-state index in [1.165, 1.54) is 5.56 Å². The number of Topliss-reactive ketones (excluding diaryl/α,β-unsaturated/α-hetero) is 1. The lowest BCUT2D eigenvalue weighted by molar-refractivity contribution is -0.124. The Kier molecular flexibility index (Phi) is 3.39. The third-order valence-electron chi connectivity index (χ3n) is 3.45. The molecule has 86 valence electrons. The van der Waals surface area contributed by atoms with Gasteiger partial charge in [0.1, 0.15) is 0 Å². The zero-order valence-corrected chi connectivity index (χ0v) is 9.83. The quantitative estimate of drug-likeness (QED) is 0.838. The fourth-order valence-electron chi connectivity index (χ4n) is 2.58. The summed E-state index contributed by atoms with van der Waals surface area (Å²) in [6.07, 6.45) is 3.55. The molecule has 0 amide bonds. The minimum absolute atomic E-state index is 0.282. The smallest absolute Gasteiger partial charge is 0.152 e. The SMILES string of the molecule is CCC(=O)C1(Cc2ccccc2)CCCN1. The van der Waals surface area contributed by atoms with E-state index >= 15 is 0 Å². The van der Waals surface area contributed by atoms with Crippen LogP contribution in [0, 0.1) is 0 Å². The molecule has 0 bridgehead atoms. The van der Waals surface area contributed by atoms with E-state index in [1.54, 1.807) is 0 Å². The molecule has 1 N–H and O–H groups in total. The van der Waals surface area contributed by atoms with E-state index in [4.69, 9.17) is 0 Å². The lowest BCUT2D eigenvalue weighted by Gasteiger charge is -2.27. The Labute approximate surface area is 97.1 Å². The Morgan fingerprint density at radius 1 is 1.38 bits per heavy atom. The highest BCUT2D eigenvalue weighted by Gasteiger charge is 2.39. The second-order valence-corrected chi connectivity index (χ2v) is 4.55. The van der Waals surface area contributed by atoms with Crippen molar-refractivity contribution >= 4 is 5.78 Å². The van der Waals surface area contributed by atoms with Gasteiger partial charge in [0.15, 0.2) is 5.78 Å². The second kappa shape index (κ2) is 4.79. The van der Waals surface area contributed by atoms with E-state index in [0.29, 0.717) is 12.2 Å². The number of hydrogen-bond acceptors (Lipinski definition) is 2. The molecular formula is C14H19NO. The van der Waals surface area contributed by atoms with Gasteiger partial charge in [-0.25, -0.2) is 0 Å². The largest absolute Gasteiger partial charge is 0.305 e. The van der Waals surface area contributed by atoms with Gasteiger partial charge in [-0.3, -0.25) is 4.79 Å². The topological polar surface area (TPSA) is 29.1 Å². The highest BCUT2D eigenvalue weighted by Crippen LogP contribution is 2.26. The van der Waals surface area contributed by atoms with Gasteiger partial charge in [0.2, 0.25) is 0 Å². The fraction of sp³-hybridized carbons (Fsp3) is 0.500. The van der Waals surface area contributed by atoms with E-state index in [1.807, 2.05) is 25.1 Å². The van der Waals surface area contributed by atoms with Crippen LogP contribution in [0.2, 0.25) is 0 Å². The number of nitrogens with one attached hydrogen (secondary N) is 1. The van der Waals surface area contributed by atoms with Crippen LogP contribution in [0.15, 0.2) is 30.3 Å². The second-order valence-electron chi connectivity index (χ2n) is 4.55. The zero-order chi connectivity index (χ0) is 11.4. The van der Waals surface area contributed by atoms with Crippen molar-refractivity contribution in [1.29, 1.82) is 0 Å². The average Bonchev–Trinajstić information content (AvgIpc) is 2.79. The molecule has 1 aliphatic heterocycles. The van der Waals surface area contributed by atoms with Gasteiger partial charge < -0.3 is 5.32 Å². The van der Waals surface area contributed by atoms with Crippen LogP contribution in [-0.2, 0) is 11.2 Å². The van der Waals surface area contributed by atoms with Gasteiger partial charge in [0, 0.05) is 6.42 Å². The number of ketones is 1. The van der Waals surface area contributed by atoms with E-state index in [0.717, 1.165) is 25.8 Å². The summed E-state index contributed by atoms with van der Waals surface area (Å²) in [6.45, 7) is 2.92. The molecule has 1 fully saturated rings. The highest BCUT2D eigenvalue weighted by molar-refractivity contribution is 5.88. The van der Waals surface area contributed by atoms with Crippen LogP contribution in [-0.4, -0.2) is 17.9 Å². The summed E-state index contributed by atoms with van der Waals surface area (Å²) in [4.78, 5) is 12.1. The summed E-state index contributed by atoms with van der Waals surface area (Å²) in [5.74, 6) is 0.355. The number of rotatable bonds is 4. The monoisotopic (exact) mass is 217 g/mol. The van der Waals surface area contributed by atoms with E-state index < -0.39 is 0 Å². The summed E-state index contributed by atoms with van der Waals surface area (Å²) >= 11 is 0. The molecule has 2 nitrogen and oxygen atoms in total. The Morgan fingerprint density at radius 3 is 2.69 bits per heavy atom. The molecule has 1 aromatic rings. The van der Waals surface area contributed by atoms with Crippen molar-refractivity contribution in [3.05, 3.63) is 35.9 Å². The van der Waals surface area contributed by atoms with Crippen LogP contribution in [0.25, 0.3) is 0 Å². The number of benzene rings is 1. The summed E-state index contributed by atoms with van der Waals surface area (Å²) in [6, 6.07) is 10.3. The molecule has 16 heavy (non-hydrogen) atoms. The molecular weight excluding hydrogens is 198 g/mol. The van der Waals surface area contributed by atoms with Crippen LogP contribution in [0.5, 0.6) is 0 Å². The van der Waals surface area contributed by atoms with Crippen molar-refractivity contribution in [2.45, 2.75) is 38.1 Å². The van der Waals surface area contributed by atoms with Crippen LogP contribution in [0.4, 0.5) is 0 Å². The molecule has 1 heterocycles. The lowest BCUT2D eigenvalue weighted by Crippen LogP contribution is -2.49. The minimum atomic E-state index is -0.282. The standard InChI is InChI=1S/C14H19NO/c1-2-13(16)14(9-6-10-15-14)11-12-7-4-3-5-8-12/h3-5,7-8,15H,2,6,9-11H2,1H3. The average molecular weight is 217 g/mol. The van der Waals surface area contributed by atoms with Crippen molar-refractivity contribution in [2.75, 3.05) is 6.54 Å². The first-order valence-corrected chi connectivity index (χ1v) is 6.09. The molecule has 1 aliphatic rings. The zero-order valence-electron chi connectivity index (χ0n) is 9.83. The van der Waals surface area contributed by atoms with Crippen LogP contribution in [0.3, 0.4) is 0 Å². The Hall–Kier alpha value is -1.15. The highest BCUT2D eigenvalue weighted by atomic mass is 16.1. The van der Waals surface area contributed by atoms with Gasteiger partial charge >= 0.3 is 0 Å². The summed E-state index contributed by atoms with van der Waals surface area (Å²) in [5.41, 5.74) is 0.967. The molecule has 0 spiro atoms. The fourth-order valence-corrected chi connectivity index (χ4v) is 2.58. The van der Waals surface area contributed by atoms with Crippen molar-refractivity contribution < 1.29 is 4.79 Å². The molecule has 1 saturated heterocycles. The predicted molar refractivity (Wildman–Crippen MR) is 65.4 cm³/mol. The molecule has 0 saturated carbocycles. The third kappa shape index (κ3) is 2.17. The van der Waals surface area contributed by atoms with Gasteiger partial charge in [0.05, 0.1) is 5.54 Å². The van der Waals surface area contributed by atoms with Crippen molar-refractivity contribution in [1.82, 2.24) is 5.32 Å². The normalized spacial score (nSPS) is 24.6. The molecule has 0 aliphatic carbocycles. The summed E-state index contributed by atoms with van der Waals surface area (Å²) < 4.78 is 0. The van der Waals surface area contributed by atoms with Gasteiger partial charge in [-0.05, 0) is 31.4 Å². The maximum atomic E-state index is 12.1. The van der Waals surface area contributed by atoms with E-state index in [-0.39, 0.29) is 5.54 Å². The number of carbonyl (C=O) groups excluding carboxylic acids is 1. The number of hydrogen-bond donors (Lipinski definition) is 1. The minimum Gasteiger partial charge on any atom is -0.305 e. The van der Waals surface area contributed by atoms with Gasteiger partial charge in [-0.1, -0.05) is 37.3 Å². The maximum absolute atomic E-state index is 12.1. The molecule has 1 atom stereocenters. The Morgan fingerprint density at radius 2 is 2.12 bits per heavy atom. The van der Waals surface area contributed by atoms with E-state index in [2.05, 4.69) is 17.4 Å². The first-order valence-electron chi connectivity index (χ1n) is 6.09. The first kappa shape index (κ1) is 11.3. The summed E-state index contributed by atoms with van der Waals surface area (Å²) in [5, 5.41) is 3.42. The van der Waals surface area contributed by atoms with Gasteiger partial charge in [-0.15, -0.1) is 0 Å². The Bertz CT molecular complexity index is 352. The van der Waals surface area contributed by atoms with Crippen molar-refractivity contribution in [3.8, 4) is 0 Å². The summed E-state index contributed by atoms with van der Waals surface area (Å²) in [7, 11) is 0. The van der Waals surface area contributed by atoms with Crippen molar-refractivity contribution in [2.24, 2.45) is 0 Å². The van der Waals surface area contributed by atoms with Crippen LogP contribution < -0.4 is 5.32 Å². The molecule has 2 rings (SSSR count). The third-order valence-corrected chi connectivity index (χ3v) is 3.45. The van der Waals surface area contributed by atoms with Crippen LogP contribution >= 0.6 is 0 Å². The van der Waals surface area contributed by atoms with Gasteiger partial charge in [0.25, 0.3) is 0 Å². The first-order chi connectivity index (χ1) is 7.77.